The summed E-state index contributed by atoms with van der Waals surface area (Å²) in [6, 6.07) is 6.78. The Morgan fingerprint density at radius 3 is 2.64 bits per heavy atom. The summed E-state index contributed by atoms with van der Waals surface area (Å²) in [4.78, 5) is 49.1. The molecule has 4 rings (SSSR count). The number of nitrogens with zero attached hydrogens (tertiary/aromatic N) is 3. The molecule has 5 N–H and O–H groups in total. The first-order valence-electron chi connectivity index (χ1n) is 13.6. The zero-order chi connectivity index (χ0) is 27.8. The summed E-state index contributed by atoms with van der Waals surface area (Å²) in [5.41, 5.74) is 9.74. The number of amides is 3. The molecule has 206 valence electrons. The standard InChI is InChI=1S/C29H37N7O3/c1-3-10-36(11-4-2)29(39)22-13-20-7-8-21(14-25(20)35-26(30)15-22)27(37)34-23-12-19(16-31-18-23)17-33-28(38)24-6-5-9-32-24/h7-8,12-14,16,18,24,32H,3-6,9-11,15,17H2,1-2H3,(H2,30,35)(H,33,38)(H,34,37). The number of benzene rings is 1. The number of carbonyl (C=O) groups excluding carboxylic acids is 3. The molecule has 2 aliphatic rings. The van der Waals surface area contributed by atoms with Gasteiger partial charge in [-0.2, -0.15) is 0 Å². The fourth-order valence-corrected chi connectivity index (χ4v) is 4.80. The Kier molecular flexibility index (Phi) is 9.43. The predicted octanol–water partition coefficient (Wildman–Crippen LogP) is 3.13. The second-order valence-electron chi connectivity index (χ2n) is 9.92. The zero-order valence-corrected chi connectivity index (χ0v) is 22.6. The first kappa shape index (κ1) is 28.0. The number of aliphatic imine (C=N–C) groups is 1. The Bertz CT molecular complexity index is 1280. The van der Waals surface area contributed by atoms with Crippen molar-refractivity contribution in [2.45, 2.75) is 58.5 Å². The molecular weight excluding hydrogens is 494 g/mol. The minimum absolute atomic E-state index is 0.0328. The van der Waals surface area contributed by atoms with Crippen LogP contribution in [0.2, 0.25) is 0 Å². The first-order valence-corrected chi connectivity index (χ1v) is 13.6. The lowest BCUT2D eigenvalue weighted by Gasteiger charge is -2.22. The highest BCUT2D eigenvalue weighted by molar-refractivity contribution is 6.07. The van der Waals surface area contributed by atoms with E-state index in [-0.39, 0.29) is 30.2 Å². The lowest BCUT2D eigenvalue weighted by atomic mass is 10.0. The van der Waals surface area contributed by atoms with Crippen LogP contribution in [-0.4, -0.2) is 59.1 Å². The summed E-state index contributed by atoms with van der Waals surface area (Å²) < 4.78 is 0. The largest absolute Gasteiger partial charge is 0.387 e. The zero-order valence-electron chi connectivity index (χ0n) is 22.6. The van der Waals surface area contributed by atoms with Gasteiger partial charge in [0.25, 0.3) is 5.91 Å². The third kappa shape index (κ3) is 7.29. The summed E-state index contributed by atoms with van der Waals surface area (Å²) in [7, 11) is 0. The molecule has 39 heavy (non-hydrogen) atoms. The van der Waals surface area contributed by atoms with Crippen molar-refractivity contribution in [3.05, 3.63) is 58.9 Å². The van der Waals surface area contributed by atoms with E-state index in [4.69, 9.17) is 5.73 Å². The average Bonchev–Trinajstić information content (AvgIpc) is 3.41. The minimum Gasteiger partial charge on any atom is -0.387 e. The van der Waals surface area contributed by atoms with Gasteiger partial charge in [-0.3, -0.25) is 19.4 Å². The Morgan fingerprint density at radius 2 is 1.92 bits per heavy atom. The third-order valence-corrected chi connectivity index (χ3v) is 6.70. The summed E-state index contributed by atoms with van der Waals surface area (Å²) in [6.45, 7) is 6.65. The Labute approximate surface area is 229 Å². The average molecular weight is 532 g/mol. The maximum atomic E-state index is 13.2. The second-order valence-corrected chi connectivity index (χ2v) is 9.92. The molecule has 0 spiro atoms. The number of fused-ring (bicyclic) bond motifs is 1. The predicted molar refractivity (Wildman–Crippen MR) is 153 cm³/mol. The van der Waals surface area contributed by atoms with Gasteiger partial charge in [-0.05, 0) is 62.1 Å². The van der Waals surface area contributed by atoms with Crippen LogP contribution in [0.3, 0.4) is 0 Å². The van der Waals surface area contributed by atoms with E-state index in [9.17, 15) is 14.4 Å². The third-order valence-electron chi connectivity index (χ3n) is 6.70. The van der Waals surface area contributed by atoms with E-state index in [1.54, 1.807) is 36.7 Å². The van der Waals surface area contributed by atoms with E-state index in [2.05, 4.69) is 25.9 Å². The number of hydrogen-bond donors (Lipinski definition) is 4. The van der Waals surface area contributed by atoms with Crippen LogP contribution in [0.15, 0.2) is 47.2 Å². The highest BCUT2D eigenvalue weighted by Crippen LogP contribution is 2.29. The minimum atomic E-state index is -0.327. The number of rotatable bonds is 10. The first-order chi connectivity index (χ1) is 18.9. The van der Waals surface area contributed by atoms with Crippen LogP contribution >= 0.6 is 0 Å². The van der Waals surface area contributed by atoms with Crippen LogP contribution in [0.5, 0.6) is 0 Å². The molecule has 1 fully saturated rings. The van der Waals surface area contributed by atoms with Crippen LogP contribution in [0.4, 0.5) is 11.4 Å². The van der Waals surface area contributed by atoms with E-state index in [0.717, 1.165) is 43.4 Å². The van der Waals surface area contributed by atoms with E-state index in [1.807, 2.05) is 24.8 Å². The molecule has 0 saturated carbocycles. The van der Waals surface area contributed by atoms with Crippen molar-refractivity contribution in [3.63, 3.8) is 0 Å². The molecule has 1 unspecified atom stereocenters. The van der Waals surface area contributed by atoms with Gasteiger partial charge in [0.15, 0.2) is 0 Å². The molecule has 2 aliphatic heterocycles. The van der Waals surface area contributed by atoms with E-state index < -0.39 is 0 Å². The summed E-state index contributed by atoms with van der Waals surface area (Å²) >= 11 is 0. The molecule has 10 nitrogen and oxygen atoms in total. The number of hydrogen-bond acceptors (Lipinski definition) is 7. The van der Waals surface area contributed by atoms with Crippen molar-refractivity contribution in [1.29, 1.82) is 0 Å². The number of nitrogens with one attached hydrogen (secondary N) is 3. The topological polar surface area (TPSA) is 142 Å². The number of anilines is 1. The number of carbonyl (C=O) groups is 3. The second kappa shape index (κ2) is 13.1. The summed E-state index contributed by atoms with van der Waals surface area (Å²) in [5.74, 6) is -0.0689. The molecule has 10 heteroatoms. The van der Waals surface area contributed by atoms with Crippen LogP contribution in [0.1, 0.15) is 67.4 Å². The molecule has 3 amide bonds. The van der Waals surface area contributed by atoms with Crippen molar-refractivity contribution in [1.82, 2.24) is 20.5 Å². The van der Waals surface area contributed by atoms with Crippen LogP contribution in [-0.2, 0) is 16.1 Å². The van der Waals surface area contributed by atoms with E-state index >= 15 is 0 Å². The van der Waals surface area contributed by atoms with Gasteiger partial charge in [0.2, 0.25) is 11.8 Å². The lowest BCUT2D eigenvalue weighted by Crippen LogP contribution is -2.40. The fraction of sp³-hybridized carbons (Fsp3) is 0.414. The van der Waals surface area contributed by atoms with Gasteiger partial charge in [0.05, 0.1) is 23.6 Å². The highest BCUT2D eigenvalue weighted by Gasteiger charge is 2.22. The molecule has 0 radical (unpaired) electrons. The SMILES string of the molecule is CCCN(CCC)C(=O)C1=Cc2ccc(C(=O)Nc3cncc(CNC(=O)C4CCCN4)c3)cc2N=C(N)C1. The molecular formula is C29H37N7O3. The molecule has 1 aromatic carbocycles. The summed E-state index contributed by atoms with van der Waals surface area (Å²) in [5, 5.41) is 8.95. The number of amidine groups is 1. The molecule has 3 heterocycles. The molecule has 1 saturated heterocycles. The summed E-state index contributed by atoms with van der Waals surface area (Å²) in [6.07, 6.45) is 8.87. The van der Waals surface area contributed by atoms with Crippen molar-refractivity contribution in [2.75, 3.05) is 25.0 Å². The van der Waals surface area contributed by atoms with Crippen molar-refractivity contribution in [2.24, 2.45) is 10.7 Å². The van der Waals surface area contributed by atoms with Crippen LogP contribution < -0.4 is 21.7 Å². The normalized spacial score (nSPS) is 16.4. The monoisotopic (exact) mass is 531 g/mol. The van der Waals surface area contributed by atoms with Crippen LogP contribution in [0.25, 0.3) is 6.08 Å². The van der Waals surface area contributed by atoms with Crippen molar-refractivity contribution < 1.29 is 14.4 Å². The molecule has 1 aromatic heterocycles. The fourth-order valence-electron chi connectivity index (χ4n) is 4.80. The maximum Gasteiger partial charge on any atom is 0.255 e. The van der Waals surface area contributed by atoms with Gasteiger partial charge in [-0.15, -0.1) is 0 Å². The Balaban J connectivity index is 1.45. The Hall–Kier alpha value is -4.05. The highest BCUT2D eigenvalue weighted by atomic mass is 16.2. The van der Waals surface area contributed by atoms with Gasteiger partial charge in [0.1, 0.15) is 5.84 Å². The van der Waals surface area contributed by atoms with Crippen molar-refractivity contribution in [3.8, 4) is 0 Å². The van der Waals surface area contributed by atoms with Gasteiger partial charge in [0, 0.05) is 49.0 Å². The molecule has 2 aromatic rings. The lowest BCUT2D eigenvalue weighted by molar-refractivity contribution is -0.127. The van der Waals surface area contributed by atoms with Crippen molar-refractivity contribution >= 4 is 41.0 Å². The quantitative estimate of drug-likeness (QED) is 0.371. The smallest absolute Gasteiger partial charge is 0.255 e. The van der Waals surface area contributed by atoms with Gasteiger partial charge in [-0.1, -0.05) is 19.9 Å². The maximum absolute atomic E-state index is 13.2. The van der Waals surface area contributed by atoms with Gasteiger partial charge < -0.3 is 26.6 Å². The molecule has 0 bridgehead atoms. The number of nitrogens with two attached hydrogens (primary N) is 1. The van der Waals surface area contributed by atoms with Crippen LogP contribution in [0, 0.1) is 0 Å². The number of pyridine rings is 1. The number of aromatic nitrogens is 1. The van der Waals surface area contributed by atoms with Gasteiger partial charge in [-0.25, -0.2) is 4.99 Å². The van der Waals surface area contributed by atoms with Gasteiger partial charge >= 0.3 is 0 Å². The molecule has 1 atom stereocenters. The Morgan fingerprint density at radius 1 is 1.13 bits per heavy atom. The van der Waals surface area contributed by atoms with E-state index in [0.29, 0.717) is 48.0 Å². The van der Waals surface area contributed by atoms with E-state index in [1.165, 1.54) is 0 Å². The molecule has 0 aliphatic carbocycles.